The monoisotopic (exact) mass is 748 g/mol. The van der Waals surface area contributed by atoms with E-state index in [0.29, 0.717) is 29.9 Å². The maximum Gasteiger partial charge on any atom is 0.327 e. The van der Waals surface area contributed by atoms with Crippen molar-refractivity contribution < 1.29 is 38.5 Å². The Kier molecular flexibility index (Phi) is 10.6. The number of unbranched alkanes of at least 4 members (excludes halogenated alkanes) is 4. The van der Waals surface area contributed by atoms with Crippen molar-refractivity contribution in [1.29, 1.82) is 0 Å². The summed E-state index contributed by atoms with van der Waals surface area (Å²) in [6.45, 7) is 11.7. The van der Waals surface area contributed by atoms with Gasteiger partial charge >= 0.3 is 5.97 Å². The molecule has 10 nitrogen and oxygen atoms in total. The molecule has 10 heteroatoms. The van der Waals surface area contributed by atoms with Gasteiger partial charge in [-0.1, -0.05) is 89.3 Å². The molecule has 2 N–H and O–H groups in total. The molecule has 3 aliphatic carbocycles. The van der Waals surface area contributed by atoms with Crippen LogP contribution in [0.5, 0.6) is 0 Å². The van der Waals surface area contributed by atoms with Gasteiger partial charge in [0, 0.05) is 25.8 Å². The lowest BCUT2D eigenvalue weighted by molar-refractivity contribution is -0.224. The SMILES string of the molecule is CCCCCC1(CCCCC)O[C@@H]2[C@H](O1)[C@H]1ON(Cc3cccc(C=C4CCC5O[C@]5(C)CC[C@@H]5[C@@H]4CC5(C)C)c3)[C@H]3C(=O)O[C@@H]2C[C@@]13C(=O)NCCO. The van der Waals surface area contributed by atoms with E-state index in [9.17, 15) is 14.7 Å². The Morgan fingerprint density at radius 2 is 1.76 bits per heavy atom. The fourth-order valence-electron chi connectivity index (χ4n) is 11.4. The van der Waals surface area contributed by atoms with Gasteiger partial charge in [-0.25, -0.2) is 0 Å². The van der Waals surface area contributed by atoms with E-state index >= 15 is 0 Å². The number of aliphatic hydroxyl groups is 1. The normalized spacial score (nSPS) is 39.3. The van der Waals surface area contributed by atoms with Crippen LogP contribution in [0.3, 0.4) is 0 Å². The number of amides is 1. The molecule has 7 aliphatic rings. The average Bonchev–Trinajstić information content (AvgIpc) is 3.43. The Hall–Kier alpha value is -2.34. The number of esters is 1. The second kappa shape index (κ2) is 14.9. The van der Waals surface area contributed by atoms with E-state index in [0.717, 1.165) is 81.8 Å². The second-order valence-corrected chi connectivity index (χ2v) is 18.6. The van der Waals surface area contributed by atoms with Crippen LogP contribution in [0.15, 0.2) is 29.8 Å². The summed E-state index contributed by atoms with van der Waals surface area (Å²) in [5.41, 5.74) is 2.79. The molecule has 7 fully saturated rings. The number of fused-ring (bicyclic) bond motifs is 6. The lowest BCUT2D eigenvalue weighted by Crippen LogP contribution is -2.69. The predicted octanol–water partition coefficient (Wildman–Crippen LogP) is 7.01. The van der Waals surface area contributed by atoms with Crippen LogP contribution in [0, 0.1) is 22.7 Å². The largest absolute Gasteiger partial charge is 0.458 e. The summed E-state index contributed by atoms with van der Waals surface area (Å²) >= 11 is 0. The molecule has 0 aromatic heterocycles. The highest BCUT2D eigenvalue weighted by Gasteiger charge is 2.76. The Morgan fingerprint density at radius 1 is 1.00 bits per heavy atom. The van der Waals surface area contributed by atoms with E-state index < -0.39 is 47.6 Å². The fourth-order valence-corrected chi connectivity index (χ4v) is 11.4. The minimum Gasteiger partial charge on any atom is -0.458 e. The first-order valence-corrected chi connectivity index (χ1v) is 21.3. The number of carbonyl (C=O) groups excluding carboxylic acids is 2. The summed E-state index contributed by atoms with van der Waals surface area (Å²) < 4.78 is 26.3. The van der Waals surface area contributed by atoms with E-state index in [2.05, 4.69) is 70.3 Å². The van der Waals surface area contributed by atoms with Crippen LogP contribution in [-0.4, -0.2) is 83.1 Å². The number of hydrogen-bond acceptors (Lipinski definition) is 9. The van der Waals surface area contributed by atoms with Gasteiger partial charge in [-0.2, -0.15) is 5.06 Å². The highest BCUT2D eigenvalue weighted by atomic mass is 16.8. The lowest BCUT2D eigenvalue weighted by Gasteiger charge is -2.53. The molecule has 1 aromatic rings. The lowest BCUT2D eigenvalue weighted by atomic mass is 9.52. The molecule has 54 heavy (non-hydrogen) atoms. The quantitative estimate of drug-likeness (QED) is 0.118. The molecule has 4 saturated heterocycles. The molecule has 10 atom stereocenters. The number of hydrogen-bond donors (Lipinski definition) is 2. The number of aliphatic hydroxyl groups excluding tert-OH is 1. The first-order chi connectivity index (χ1) is 26.0. The van der Waals surface area contributed by atoms with Gasteiger partial charge < -0.3 is 29.4 Å². The number of hydroxylamine groups is 2. The van der Waals surface area contributed by atoms with Gasteiger partial charge in [0.05, 0.1) is 24.9 Å². The Bertz CT molecular complexity index is 1590. The van der Waals surface area contributed by atoms with Gasteiger partial charge in [0.2, 0.25) is 5.91 Å². The number of ether oxygens (including phenoxy) is 4. The van der Waals surface area contributed by atoms with E-state index in [1.165, 1.54) is 18.4 Å². The van der Waals surface area contributed by atoms with Crippen LogP contribution in [0.25, 0.3) is 6.08 Å². The Labute approximate surface area is 322 Å². The molecular weight excluding hydrogens is 684 g/mol. The number of benzene rings is 1. The zero-order valence-corrected chi connectivity index (χ0v) is 33.3. The van der Waals surface area contributed by atoms with Crippen molar-refractivity contribution in [2.75, 3.05) is 13.2 Å². The van der Waals surface area contributed by atoms with Crippen LogP contribution in [0.1, 0.15) is 136 Å². The van der Waals surface area contributed by atoms with Gasteiger partial charge in [0.15, 0.2) is 11.8 Å². The predicted molar refractivity (Wildman–Crippen MR) is 204 cm³/mol. The van der Waals surface area contributed by atoms with Crippen molar-refractivity contribution in [2.24, 2.45) is 22.7 Å². The highest BCUT2D eigenvalue weighted by molar-refractivity contribution is 5.93. The molecule has 2 bridgehead atoms. The molecule has 3 saturated carbocycles. The van der Waals surface area contributed by atoms with E-state index in [1.54, 1.807) is 5.06 Å². The third kappa shape index (κ3) is 6.78. The molecular formula is C44H64N2O8. The molecule has 8 rings (SSSR count). The van der Waals surface area contributed by atoms with Crippen molar-refractivity contribution in [3.05, 3.63) is 41.0 Å². The number of nitrogens with zero attached hydrogens (tertiary/aromatic N) is 1. The van der Waals surface area contributed by atoms with E-state index in [1.807, 2.05) is 0 Å². The number of rotatable bonds is 14. The summed E-state index contributed by atoms with van der Waals surface area (Å²) in [6, 6.07) is 7.54. The summed E-state index contributed by atoms with van der Waals surface area (Å²) in [7, 11) is 0. The number of allylic oxidation sites excluding steroid dienone is 1. The maximum atomic E-state index is 14.3. The number of carbonyl (C=O) groups is 2. The first kappa shape index (κ1) is 38.5. The molecule has 1 amide bonds. The van der Waals surface area contributed by atoms with Crippen LogP contribution in [-0.2, 0) is 39.9 Å². The average molecular weight is 749 g/mol. The number of nitrogens with one attached hydrogen (secondary N) is 1. The van der Waals surface area contributed by atoms with Crippen molar-refractivity contribution >= 4 is 18.0 Å². The highest BCUT2D eigenvalue weighted by Crippen LogP contribution is 2.60. The summed E-state index contributed by atoms with van der Waals surface area (Å²) in [5.74, 6) is -0.337. The molecule has 0 radical (unpaired) electrons. The van der Waals surface area contributed by atoms with E-state index in [-0.39, 0.29) is 31.1 Å². The van der Waals surface area contributed by atoms with Crippen molar-refractivity contribution in [2.45, 2.75) is 179 Å². The van der Waals surface area contributed by atoms with Crippen LogP contribution in [0.4, 0.5) is 0 Å². The maximum absolute atomic E-state index is 14.3. The van der Waals surface area contributed by atoms with Crippen LogP contribution >= 0.6 is 0 Å². The molecule has 1 unspecified atom stereocenters. The van der Waals surface area contributed by atoms with Crippen molar-refractivity contribution in [3.63, 3.8) is 0 Å². The Morgan fingerprint density at radius 3 is 2.48 bits per heavy atom. The minimum absolute atomic E-state index is 0.0480. The molecule has 4 heterocycles. The van der Waals surface area contributed by atoms with Crippen LogP contribution < -0.4 is 5.32 Å². The second-order valence-electron chi connectivity index (χ2n) is 18.6. The number of epoxide rings is 1. The third-order valence-electron chi connectivity index (χ3n) is 14.4. The van der Waals surface area contributed by atoms with E-state index in [4.69, 9.17) is 23.8 Å². The molecule has 4 aliphatic heterocycles. The Balaban J connectivity index is 1.08. The van der Waals surface area contributed by atoms with Gasteiger partial charge in [-0.05, 0) is 80.2 Å². The minimum atomic E-state index is -1.25. The van der Waals surface area contributed by atoms with Crippen molar-refractivity contribution in [3.8, 4) is 0 Å². The van der Waals surface area contributed by atoms with Crippen molar-refractivity contribution in [1.82, 2.24) is 10.4 Å². The van der Waals surface area contributed by atoms with Gasteiger partial charge in [0.1, 0.15) is 29.8 Å². The summed E-state index contributed by atoms with van der Waals surface area (Å²) in [4.78, 5) is 35.3. The third-order valence-corrected chi connectivity index (χ3v) is 14.4. The summed E-state index contributed by atoms with van der Waals surface area (Å²) in [6.07, 6.45) is 14.0. The summed E-state index contributed by atoms with van der Waals surface area (Å²) in [5, 5.41) is 14.3. The zero-order valence-electron chi connectivity index (χ0n) is 33.3. The first-order valence-electron chi connectivity index (χ1n) is 21.3. The standard InChI is InChI=1S/C44H64N2O8/c1-6-8-10-18-43(19-11-9-7-2)52-35-33-26-44(40(49)45-21-22-47)37(39(48)50-33)46(54-38(44)36(35)53-43)27-29-14-12-13-28(23-29)24-30-15-16-34-42(5,51-34)20-17-32-31(30)25-41(32,3)4/h12-14,23-24,31-38,47H,6-11,15-22,25-27H2,1-5H3,(H,45,49)/t31-,32-,33-,34?,35+,36+,37+,38-,42-,44+/m1/s1. The smallest absolute Gasteiger partial charge is 0.327 e. The molecule has 1 aromatic carbocycles. The topological polar surface area (TPSA) is 119 Å². The van der Waals surface area contributed by atoms with Gasteiger partial charge in [-0.15, -0.1) is 0 Å². The van der Waals surface area contributed by atoms with Gasteiger partial charge in [-0.3, -0.25) is 14.4 Å². The molecule has 298 valence electrons. The molecule has 0 spiro atoms. The van der Waals surface area contributed by atoms with Crippen LogP contribution in [0.2, 0.25) is 0 Å². The zero-order chi connectivity index (χ0) is 37.9. The van der Waals surface area contributed by atoms with Gasteiger partial charge in [0.25, 0.3) is 0 Å². The fraction of sp³-hybridized carbons (Fsp3) is 0.773.